The average molecular weight is 314 g/mol. The molecule has 122 valence electrons. The van der Waals surface area contributed by atoms with E-state index < -0.39 is 0 Å². The molecule has 0 spiro atoms. The van der Waals surface area contributed by atoms with E-state index in [1.807, 2.05) is 38.1 Å². The molecular formula is C17H22N4O2. The molecule has 0 radical (unpaired) electrons. The fourth-order valence-electron chi connectivity index (χ4n) is 2.67. The molecule has 3 N–H and O–H groups in total. The molecule has 6 heteroatoms. The highest BCUT2D eigenvalue weighted by Crippen LogP contribution is 2.15. The zero-order chi connectivity index (χ0) is 16.2. The number of ether oxygens (including phenoxy) is 1. The highest BCUT2D eigenvalue weighted by molar-refractivity contribution is 5.94. The van der Waals surface area contributed by atoms with E-state index in [0.29, 0.717) is 18.8 Å². The molecule has 1 aliphatic heterocycles. The van der Waals surface area contributed by atoms with Crippen molar-refractivity contribution < 1.29 is 9.53 Å². The first kappa shape index (κ1) is 15.6. The summed E-state index contributed by atoms with van der Waals surface area (Å²) >= 11 is 0. The van der Waals surface area contributed by atoms with Crippen molar-refractivity contribution in [1.82, 2.24) is 20.8 Å². The molecule has 1 aromatic heterocycles. The van der Waals surface area contributed by atoms with E-state index in [4.69, 9.17) is 4.74 Å². The maximum Gasteiger partial charge on any atom is 0.272 e. The van der Waals surface area contributed by atoms with Crippen LogP contribution in [0.1, 0.15) is 34.2 Å². The van der Waals surface area contributed by atoms with Crippen LogP contribution in [0.15, 0.2) is 24.3 Å². The Morgan fingerprint density at radius 3 is 3.17 bits per heavy atom. The number of aromatic nitrogens is 2. The van der Waals surface area contributed by atoms with Gasteiger partial charge in [0.1, 0.15) is 12.4 Å². The summed E-state index contributed by atoms with van der Waals surface area (Å²) in [6.07, 6.45) is 0.877. The summed E-state index contributed by atoms with van der Waals surface area (Å²) in [4.78, 5) is 12.4. The Bertz CT molecular complexity index is 696. The number of rotatable bonds is 5. The van der Waals surface area contributed by atoms with Crippen molar-refractivity contribution in [1.29, 1.82) is 0 Å². The fourth-order valence-corrected chi connectivity index (χ4v) is 2.67. The van der Waals surface area contributed by atoms with Gasteiger partial charge < -0.3 is 15.4 Å². The van der Waals surface area contributed by atoms with E-state index >= 15 is 0 Å². The van der Waals surface area contributed by atoms with E-state index in [0.717, 1.165) is 35.5 Å². The number of aromatic amines is 1. The summed E-state index contributed by atoms with van der Waals surface area (Å²) in [7, 11) is 0. The molecule has 1 aliphatic rings. The van der Waals surface area contributed by atoms with Crippen LogP contribution in [0.4, 0.5) is 0 Å². The molecule has 1 amide bonds. The molecule has 0 fully saturated rings. The van der Waals surface area contributed by atoms with Gasteiger partial charge in [-0.2, -0.15) is 5.10 Å². The smallest absolute Gasteiger partial charge is 0.272 e. The van der Waals surface area contributed by atoms with Gasteiger partial charge in [-0.15, -0.1) is 0 Å². The number of H-pyrrole nitrogens is 1. The van der Waals surface area contributed by atoms with Crippen molar-refractivity contribution in [3.63, 3.8) is 0 Å². The third kappa shape index (κ3) is 3.71. The minimum atomic E-state index is -0.161. The van der Waals surface area contributed by atoms with Gasteiger partial charge in [0.15, 0.2) is 5.69 Å². The number of carbonyl (C=O) groups is 1. The van der Waals surface area contributed by atoms with Crippen LogP contribution in [0.2, 0.25) is 0 Å². The molecule has 23 heavy (non-hydrogen) atoms. The normalized spacial score (nSPS) is 14.9. The van der Waals surface area contributed by atoms with Crippen LogP contribution in [0.25, 0.3) is 0 Å². The van der Waals surface area contributed by atoms with Crippen molar-refractivity contribution >= 4 is 5.91 Å². The second kappa shape index (κ2) is 6.83. The van der Waals surface area contributed by atoms with Crippen LogP contribution in [0, 0.1) is 6.92 Å². The molecule has 0 bridgehead atoms. The van der Waals surface area contributed by atoms with Gasteiger partial charge in [-0.25, -0.2) is 0 Å². The summed E-state index contributed by atoms with van der Waals surface area (Å²) in [5.74, 6) is 0.652. The van der Waals surface area contributed by atoms with E-state index in [9.17, 15) is 4.79 Å². The van der Waals surface area contributed by atoms with Gasteiger partial charge in [0.05, 0.1) is 6.04 Å². The molecule has 6 nitrogen and oxygen atoms in total. The van der Waals surface area contributed by atoms with Gasteiger partial charge in [-0.05, 0) is 31.5 Å². The molecule has 1 atom stereocenters. The zero-order valence-corrected chi connectivity index (χ0v) is 13.5. The summed E-state index contributed by atoms with van der Waals surface area (Å²) in [5.41, 5.74) is 3.66. The number of fused-ring (bicyclic) bond motifs is 1. The maximum absolute atomic E-state index is 12.4. The Balaban J connectivity index is 1.56. The van der Waals surface area contributed by atoms with Gasteiger partial charge in [0.25, 0.3) is 5.91 Å². The minimum absolute atomic E-state index is 0.105. The third-order valence-electron chi connectivity index (χ3n) is 3.89. The summed E-state index contributed by atoms with van der Waals surface area (Å²) in [6, 6.07) is 7.76. The van der Waals surface area contributed by atoms with Gasteiger partial charge in [0, 0.05) is 30.8 Å². The highest BCUT2D eigenvalue weighted by Gasteiger charge is 2.22. The Morgan fingerprint density at radius 2 is 2.35 bits per heavy atom. The number of carbonyl (C=O) groups excluding carboxylic acids is 1. The van der Waals surface area contributed by atoms with Crippen molar-refractivity contribution in [2.24, 2.45) is 0 Å². The summed E-state index contributed by atoms with van der Waals surface area (Å²) in [6.45, 7) is 5.96. The molecule has 2 aromatic rings. The van der Waals surface area contributed by atoms with Crippen LogP contribution in [-0.4, -0.2) is 35.3 Å². The van der Waals surface area contributed by atoms with Crippen molar-refractivity contribution in [3.8, 4) is 5.75 Å². The van der Waals surface area contributed by atoms with E-state index in [2.05, 4.69) is 20.8 Å². The number of amides is 1. The number of aryl methyl sites for hydroxylation is 1. The molecule has 0 saturated carbocycles. The quantitative estimate of drug-likeness (QED) is 0.782. The Kier molecular flexibility index (Phi) is 4.62. The molecule has 0 saturated heterocycles. The van der Waals surface area contributed by atoms with Crippen LogP contribution in [-0.2, 0) is 13.0 Å². The first-order valence-electron chi connectivity index (χ1n) is 7.90. The molecule has 3 rings (SSSR count). The SMILES string of the molecule is Cc1cccc(OCC(C)NC(=O)c2n[nH]c3c2CNCC3)c1. The first-order valence-corrected chi connectivity index (χ1v) is 7.90. The van der Waals surface area contributed by atoms with E-state index in [1.165, 1.54) is 0 Å². The molecule has 2 heterocycles. The first-order chi connectivity index (χ1) is 11.1. The largest absolute Gasteiger partial charge is 0.491 e. The van der Waals surface area contributed by atoms with Crippen LogP contribution in [0.3, 0.4) is 0 Å². The third-order valence-corrected chi connectivity index (χ3v) is 3.89. The number of hydrogen-bond donors (Lipinski definition) is 3. The van der Waals surface area contributed by atoms with Gasteiger partial charge in [0.2, 0.25) is 0 Å². The zero-order valence-electron chi connectivity index (χ0n) is 13.5. The van der Waals surface area contributed by atoms with Gasteiger partial charge >= 0.3 is 0 Å². The fraction of sp³-hybridized carbons (Fsp3) is 0.412. The number of hydrogen-bond acceptors (Lipinski definition) is 4. The second-order valence-electron chi connectivity index (χ2n) is 5.96. The van der Waals surface area contributed by atoms with E-state index in [-0.39, 0.29) is 11.9 Å². The van der Waals surface area contributed by atoms with Crippen molar-refractivity contribution in [3.05, 3.63) is 46.8 Å². The number of nitrogens with one attached hydrogen (secondary N) is 3. The lowest BCUT2D eigenvalue weighted by Crippen LogP contribution is -2.38. The lowest BCUT2D eigenvalue weighted by molar-refractivity contribution is 0.0920. The number of benzene rings is 1. The van der Waals surface area contributed by atoms with Gasteiger partial charge in [-0.3, -0.25) is 9.89 Å². The van der Waals surface area contributed by atoms with Crippen LogP contribution < -0.4 is 15.4 Å². The Labute approximate surface area is 135 Å². The summed E-state index contributed by atoms with van der Waals surface area (Å²) in [5, 5.41) is 13.3. The molecule has 1 aromatic carbocycles. The standard InChI is InChI=1S/C17H22N4O2/c1-11-4-3-5-13(8-11)23-10-12(2)19-17(22)16-14-9-18-7-6-15(14)20-21-16/h3-5,8,12,18H,6-7,9-10H2,1-2H3,(H,19,22)(H,20,21). The topological polar surface area (TPSA) is 79.0 Å². The molecule has 1 unspecified atom stereocenters. The van der Waals surface area contributed by atoms with Crippen molar-refractivity contribution in [2.75, 3.05) is 13.2 Å². The van der Waals surface area contributed by atoms with Crippen LogP contribution >= 0.6 is 0 Å². The monoisotopic (exact) mass is 314 g/mol. The van der Waals surface area contributed by atoms with Crippen molar-refractivity contribution in [2.45, 2.75) is 32.9 Å². The predicted octanol–water partition coefficient (Wildman–Crippen LogP) is 1.56. The average Bonchev–Trinajstić information content (AvgIpc) is 2.97. The number of nitrogens with zero attached hydrogens (tertiary/aromatic N) is 1. The lowest BCUT2D eigenvalue weighted by atomic mass is 10.1. The highest BCUT2D eigenvalue weighted by atomic mass is 16.5. The van der Waals surface area contributed by atoms with E-state index in [1.54, 1.807) is 0 Å². The second-order valence-corrected chi connectivity index (χ2v) is 5.96. The molecule has 0 aliphatic carbocycles. The lowest BCUT2D eigenvalue weighted by Gasteiger charge is -2.16. The molecular weight excluding hydrogens is 292 g/mol. The predicted molar refractivity (Wildman–Crippen MR) is 87.6 cm³/mol. The minimum Gasteiger partial charge on any atom is -0.491 e. The van der Waals surface area contributed by atoms with Gasteiger partial charge in [-0.1, -0.05) is 12.1 Å². The maximum atomic E-state index is 12.4. The summed E-state index contributed by atoms with van der Waals surface area (Å²) < 4.78 is 5.72. The Morgan fingerprint density at radius 1 is 1.48 bits per heavy atom. The Hall–Kier alpha value is -2.34. The van der Waals surface area contributed by atoms with Crippen LogP contribution in [0.5, 0.6) is 5.75 Å².